The highest BCUT2D eigenvalue weighted by atomic mass is 79.9. The van der Waals surface area contributed by atoms with Crippen LogP contribution in [0.4, 0.5) is 0 Å². The number of hydrogen-bond donors (Lipinski definition) is 2. The fraction of sp³-hybridized carbons (Fsp3) is 0.300. The molecule has 1 aromatic carbocycles. The SMILES string of the molecule is C[C@H](O)CNC(=O)c1cc(Br)cc(Br)c1. The second-order valence-electron chi connectivity index (χ2n) is 3.22. The Hall–Kier alpha value is -0.390. The van der Waals surface area contributed by atoms with Crippen LogP contribution in [0.3, 0.4) is 0 Å². The van der Waals surface area contributed by atoms with Gasteiger partial charge in [-0.2, -0.15) is 0 Å². The average Bonchev–Trinajstić information content (AvgIpc) is 2.12. The molecule has 15 heavy (non-hydrogen) atoms. The topological polar surface area (TPSA) is 49.3 Å². The van der Waals surface area contributed by atoms with E-state index in [1.54, 1.807) is 19.1 Å². The number of carbonyl (C=O) groups excluding carboxylic acids is 1. The highest BCUT2D eigenvalue weighted by Gasteiger charge is 2.07. The van der Waals surface area contributed by atoms with Crippen molar-refractivity contribution in [3.63, 3.8) is 0 Å². The standard InChI is InChI=1S/C10H11Br2NO2/c1-6(14)5-13-10(15)7-2-8(11)4-9(12)3-7/h2-4,6,14H,5H2,1H3,(H,13,15)/t6-/m0/s1. The van der Waals surface area contributed by atoms with Crippen LogP contribution in [-0.2, 0) is 0 Å². The van der Waals surface area contributed by atoms with Gasteiger partial charge in [0.1, 0.15) is 0 Å². The molecule has 82 valence electrons. The van der Waals surface area contributed by atoms with Crippen LogP contribution in [0.1, 0.15) is 17.3 Å². The molecule has 5 heteroatoms. The Morgan fingerprint density at radius 3 is 2.40 bits per heavy atom. The van der Waals surface area contributed by atoms with Crippen LogP contribution >= 0.6 is 31.9 Å². The summed E-state index contributed by atoms with van der Waals surface area (Å²) in [6.45, 7) is 1.88. The van der Waals surface area contributed by atoms with Gasteiger partial charge < -0.3 is 10.4 Å². The molecule has 0 aromatic heterocycles. The van der Waals surface area contributed by atoms with E-state index < -0.39 is 6.10 Å². The van der Waals surface area contributed by atoms with Gasteiger partial charge in [-0.3, -0.25) is 4.79 Å². The van der Waals surface area contributed by atoms with Gasteiger partial charge in [0.05, 0.1) is 6.10 Å². The van der Waals surface area contributed by atoms with E-state index in [0.29, 0.717) is 5.56 Å². The van der Waals surface area contributed by atoms with Crippen LogP contribution in [0.5, 0.6) is 0 Å². The molecule has 0 aliphatic rings. The zero-order valence-electron chi connectivity index (χ0n) is 8.13. The maximum Gasteiger partial charge on any atom is 0.251 e. The van der Waals surface area contributed by atoms with Gasteiger partial charge >= 0.3 is 0 Å². The minimum atomic E-state index is -0.537. The molecule has 1 atom stereocenters. The zero-order chi connectivity index (χ0) is 11.4. The van der Waals surface area contributed by atoms with Gasteiger partial charge in [0.2, 0.25) is 0 Å². The molecule has 0 saturated heterocycles. The second-order valence-corrected chi connectivity index (χ2v) is 5.05. The summed E-state index contributed by atoms with van der Waals surface area (Å²) in [5.41, 5.74) is 0.553. The molecule has 0 aliphatic carbocycles. The second kappa shape index (κ2) is 5.63. The Balaban J connectivity index is 2.73. The van der Waals surface area contributed by atoms with Crippen LogP contribution < -0.4 is 5.32 Å². The van der Waals surface area contributed by atoms with Crippen molar-refractivity contribution in [2.45, 2.75) is 13.0 Å². The van der Waals surface area contributed by atoms with Crippen molar-refractivity contribution in [1.29, 1.82) is 0 Å². The first-order valence-corrected chi connectivity index (χ1v) is 6.00. The summed E-state index contributed by atoms with van der Waals surface area (Å²) >= 11 is 6.60. The molecule has 1 amide bonds. The zero-order valence-corrected chi connectivity index (χ0v) is 11.3. The molecule has 0 bridgehead atoms. The first-order valence-electron chi connectivity index (χ1n) is 4.41. The van der Waals surface area contributed by atoms with Crippen molar-refractivity contribution in [2.75, 3.05) is 6.54 Å². The number of hydrogen-bond acceptors (Lipinski definition) is 2. The van der Waals surface area contributed by atoms with E-state index in [4.69, 9.17) is 5.11 Å². The van der Waals surface area contributed by atoms with Gasteiger partial charge in [0, 0.05) is 21.1 Å². The summed E-state index contributed by atoms with van der Waals surface area (Å²) < 4.78 is 1.66. The Labute approximate surface area is 105 Å². The number of nitrogens with one attached hydrogen (secondary N) is 1. The smallest absolute Gasteiger partial charge is 0.251 e. The van der Waals surface area contributed by atoms with Gasteiger partial charge in [-0.05, 0) is 25.1 Å². The van der Waals surface area contributed by atoms with E-state index in [2.05, 4.69) is 37.2 Å². The van der Waals surface area contributed by atoms with Crippen LogP contribution in [0.2, 0.25) is 0 Å². The summed E-state index contributed by atoms with van der Waals surface area (Å²) in [5.74, 6) is -0.196. The average molecular weight is 337 g/mol. The fourth-order valence-corrected chi connectivity index (χ4v) is 2.32. The molecule has 0 unspecified atom stereocenters. The number of carbonyl (C=O) groups is 1. The van der Waals surface area contributed by atoms with E-state index in [9.17, 15) is 4.79 Å². The van der Waals surface area contributed by atoms with E-state index in [1.165, 1.54) is 0 Å². The van der Waals surface area contributed by atoms with E-state index in [-0.39, 0.29) is 12.5 Å². The van der Waals surface area contributed by atoms with E-state index >= 15 is 0 Å². The summed E-state index contributed by atoms with van der Waals surface area (Å²) in [6.07, 6.45) is -0.537. The molecule has 0 aliphatic heterocycles. The molecular weight excluding hydrogens is 326 g/mol. The predicted octanol–water partition coefficient (Wildman–Crippen LogP) is 2.32. The summed E-state index contributed by atoms with van der Waals surface area (Å²) in [7, 11) is 0. The van der Waals surface area contributed by atoms with Crippen LogP contribution in [0.25, 0.3) is 0 Å². The third-order valence-corrected chi connectivity index (χ3v) is 2.60. The minimum Gasteiger partial charge on any atom is -0.392 e. The molecule has 1 rings (SSSR count). The van der Waals surface area contributed by atoms with Gasteiger partial charge in [-0.1, -0.05) is 31.9 Å². The Morgan fingerprint density at radius 1 is 1.40 bits per heavy atom. The number of halogens is 2. The third kappa shape index (κ3) is 4.32. The van der Waals surface area contributed by atoms with E-state index in [1.807, 2.05) is 6.07 Å². The lowest BCUT2D eigenvalue weighted by molar-refractivity contribution is 0.0924. The monoisotopic (exact) mass is 335 g/mol. The Morgan fingerprint density at radius 2 is 1.93 bits per heavy atom. The number of aliphatic hydroxyl groups excluding tert-OH is 1. The van der Waals surface area contributed by atoms with Crippen molar-refractivity contribution in [1.82, 2.24) is 5.32 Å². The number of rotatable bonds is 3. The summed E-state index contributed by atoms with van der Waals surface area (Å²) in [5, 5.41) is 11.6. The predicted molar refractivity (Wildman–Crippen MR) is 65.9 cm³/mol. The maximum atomic E-state index is 11.6. The van der Waals surface area contributed by atoms with Crippen LogP contribution in [0.15, 0.2) is 27.1 Å². The molecular formula is C10H11Br2NO2. The quantitative estimate of drug-likeness (QED) is 0.890. The molecule has 0 spiro atoms. The Bertz CT molecular complexity index is 346. The number of benzene rings is 1. The lowest BCUT2D eigenvalue weighted by Gasteiger charge is -2.07. The highest BCUT2D eigenvalue weighted by molar-refractivity contribution is 9.11. The Kier molecular flexibility index (Phi) is 4.76. The lowest BCUT2D eigenvalue weighted by atomic mass is 10.2. The molecule has 0 fully saturated rings. The molecule has 1 aromatic rings. The molecule has 0 heterocycles. The fourth-order valence-electron chi connectivity index (χ4n) is 1.03. The highest BCUT2D eigenvalue weighted by Crippen LogP contribution is 2.19. The van der Waals surface area contributed by atoms with Crippen molar-refractivity contribution >= 4 is 37.8 Å². The van der Waals surface area contributed by atoms with Crippen molar-refractivity contribution in [2.24, 2.45) is 0 Å². The van der Waals surface area contributed by atoms with Gasteiger partial charge in [-0.15, -0.1) is 0 Å². The van der Waals surface area contributed by atoms with E-state index in [0.717, 1.165) is 8.95 Å². The number of aliphatic hydroxyl groups is 1. The van der Waals surface area contributed by atoms with Crippen molar-refractivity contribution < 1.29 is 9.90 Å². The third-order valence-electron chi connectivity index (χ3n) is 1.68. The number of amides is 1. The summed E-state index contributed by atoms with van der Waals surface area (Å²) in [4.78, 5) is 11.6. The van der Waals surface area contributed by atoms with Crippen molar-refractivity contribution in [3.8, 4) is 0 Å². The van der Waals surface area contributed by atoms with Crippen LogP contribution in [0, 0.1) is 0 Å². The van der Waals surface area contributed by atoms with Gasteiger partial charge in [0.25, 0.3) is 5.91 Å². The normalized spacial score (nSPS) is 12.3. The molecule has 0 radical (unpaired) electrons. The molecule has 3 nitrogen and oxygen atoms in total. The first kappa shape index (κ1) is 12.7. The lowest BCUT2D eigenvalue weighted by Crippen LogP contribution is -2.30. The first-order chi connectivity index (χ1) is 6.99. The maximum absolute atomic E-state index is 11.6. The van der Waals surface area contributed by atoms with Gasteiger partial charge in [0.15, 0.2) is 0 Å². The van der Waals surface area contributed by atoms with Crippen molar-refractivity contribution in [3.05, 3.63) is 32.7 Å². The minimum absolute atomic E-state index is 0.196. The summed E-state index contributed by atoms with van der Waals surface area (Å²) in [6, 6.07) is 5.30. The van der Waals surface area contributed by atoms with Gasteiger partial charge in [-0.25, -0.2) is 0 Å². The van der Waals surface area contributed by atoms with Crippen LogP contribution in [-0.4, -0.2) is 23.7 Å². The molecule has 0 saturated carbocycles. The largest absolute Gasteiger partial charge is 0.392 e. The molecule has 2 N–H and O–H groups in total.